The van der Waals surface area contributed by atoms with Crippen LogP contribution >= 0.6 is 0 Å². The van der Waals surface area contributed by atoms with E-state index in [1.165, 1.54) is 6.42 Å². The zero-order valence-electron chi connectivity index (χ0n) is 6.71. The Labute approximate surface area is 62.2 Å². The van der Waals surface area contributed by atoms with Crippen LogP contribution in [-0.2, 0) is 4.74 Å². The van der Waals surface area contributed by atoms with Gasteiger partial charge in [0.15, 0.2) is 0 Å². The van der Waals surface area contributed by atoms with Gasteiger partial charge in [0.05, 0.1) is 0 Å². The molecule has 0 aliphatic heterocycles. The molecule has 1 rings (SSSR count). The monoisotopic (exact) mass is 144 g/mol. The van der Waals surface area contributed by atoms with Gasteiger partial charge in [-0.2, -0.15) is 0 Å². The van der Waals surface area contributed by atoms with Crippen LogP contribution in [0.2, 0.25) is 0 Å². The standard InChI is InChI=1S/C8H16O2/c1-6(5-10-2)8-3-7(8)4-9/h6-9H,3-5H2,1-2H3. The van der Waals surface area contributed by atoms with Gasteiger partial charge < -0.3 is 9.84 Å². The average Bonchev–Trinajstić information content (AvgIpc) is 2.66. The SMILES string of the molecule is COCC(C)C1CC1CO. The van der Waals surface area contributed by atoms with Gasteiger partial charge in [0.2, 0.25) is 0 Å². The van der Waals surface area contributed by atoms with Crippen molar-refractivity contribution in [1.82, 2.24) is 0 Å². The third-order valence-electron chi connectivity index (χ3n) is 2.37. The lowest BCUT2D eigenvalue weighted by Gasteiger charge is -2.07. The summed E-state index contributed by atoms with van der Waals surface area (Å²) in [4.78, 5) is 0. The number of methoxy groups -OCH3 is 1. The molecule has 2 nitrogen and oxygen atoms in total. The Kier molecular flexibility index (Phi) is 2.69. The number of aliphatic hydroxyl groups is 1. The van der Waals surface area contributed by atoms with Crippen molar-refractivity contribution in [3.63, 3.8) is 0 Å². The van der Waals surface area contributed by atoms with Crippen LogP contribution in [0.25, 0.3) is 0 Å². The first-order valence-electron chi connectivity index (χ1n) is 3.89. The minimum atomic E-state index is 0.360. The number of ether oxygens (including phenoxy) is 1. The highest BCUT2D eigenvalue weighted by molar-refractivity contribution is 4.88. The van der Waals surface area contributed by atoms with Crippen molar-refractivity contribution in [2.24, 2.45) is 17.8 Å². The maximum absolute atomic E-state index is 8.75. The van der Waals surface area contributed by atoms with Gasteiger partial charge in [-0.15, -0.1) is 0 Å². The fourth-order valence-corrected chi connectivity index (χ4v) is 1.56. The molecule has 0 bridgehead atoms. The van der Waals surface area contributed by atoms with Crippen LogP contribution < -0.4 is 0 Å². The van der Waals surface area contributed by atoms with Gasteiger partial charge in [0, 0.05) is 20.3 Å². The number of hydrogen-bond acceptors (Lipinski definition) is 2. The molecule has 0 radical (unpaired) electrons. The van der Waals surface area contributed by atoms with E-state index < -0.39 is 0 Å². The average molecular weight is 144 g/mol. The summed E-state index contributed by atoms with van der Waals surface area (Å²) in [6.45, 7) is 3.38. The Morgan fingerprint density at radius 2 is 2.40 bits per heavy atom. The Bertz CT molecular complexity index is 103. The fourth-order valence-electron chi connectivity index (χ4n) is 1.56. The van der Waals surface area contributed by atoms with E-state index in [0.717, 1.165) is 12.5 Å². The van der Waals surface area contributed by atoms with Crippen molar-refractivity contribution in [2.45, 2.75) is 13.3 Å². The first kappa shape index (κ1) is 8.02. The maximum Gasteiger partial charge on any atom is 0.0490 e. The summed E-state index contributed by atoms with van der Waals surface area (Å²) in [5, 5.41) is 8.75. The molecular weight excluding hydrogens is 128 g/mol. The Balaban J connectivity index is 2.12. The van der Waals surface area contributed by atoms with E-state index in [9.17, 15) is 0 Å². The van der Waals surface area contributed by atoms with Gasteiger partial charge >= 0.3 is 0 Å². The van der Waals surface area contributed by atoms with E-state index >= 15 is 0 Å². The maximum atomic E-state index is 8.75. The molecule has 1 aliphatic rings. The zero-order valence-corrected chi connectivity index (χ0v) is 6.71. The third kappa shape index (κ3) is 1.70. The van der Waals surface area contributed by atoms with E-state index in [0.29, 0.717) is 18.4 Å². The molecule has 1 N–H and O–H groups in total. The van der Waals surface area contributed by atoms with Crippen molar-refractivity contribution in [1.29, 1.82) is 0 Å². The van der Waals surface area contributed by atoms with Crippen LogP contribution in [0.15, 0.2) is 0 Å². The van der Waals surface area contributed by atoms with Crippen molar-refractivity contribution in [2.75, 3.05) is 20.3 Å². The predicted octanol–water partition coefficient (Wildman–Crippen LogP) is 0.897. The second-order valence-corrected chi connectivity index (χ2v) is 3.27. The van der Waals surface area contributed by atoms with E-state index in [1.807, 2.05) is 0 Å². The van der Waals surface area contributed by atoms with Crippen LogP contribution in [0.4, 0.5) is 0 Å². The van der Waals surface area contributed by atoms with Gasteiger partial charge in [0.1, 0.15) is 0 Å². The summed E-state index contributed by atoms with van der Waals surface area (Å²) in [6, 6.07) is 0. The Morgan fingerprint density at radius 3 is 2.80 bits per heavy atom. The van der Waals surface area contributed by atoms with Crippen LogP contribution in [0.3, 0.4) is 0 Å². The van der Waals surface area contributed by atoms with Crippen molar-refractivity contribution in [3.8, 4) is 0 Å². The number of rotatable bonds is 4. The van der Waals surface area contributed by atoms with Gasteiger partial charge in [-0.05, 0) is 24.2 Å². The zero-order chi connectivity index (χ0) is 7.56. The summed E-state index contributed by atoms with van der Waals surface area (Å²) in [6.07, 6.45) is 1.20. The largest absolute Gasteiger partial charge is 0.396 e. The molecule has 0 saturated heterocycles. The Hall–Kier alpha value is -0.0800. The van der Waals surface area contributed by atoms with Crippen molar-refractivity contribution in [3.05, 3.63) is 0 Å². The second-order valence-electron chi connectivity index (χ2n) is 3.27. The molecule has 3 unspecified atom stereocenters. The summed E-state index contributed by atoms with van der Waals surface area (Å²) in [5.41, 5.74) is 0. The van der Waals surface area contributed by atoms with Crippen molar-refractivity contribution >= 4 is 0 Å². The first-order chi connectivity index (χ1) is 4.79. The molecule has 1 fully saturated rings. The molecule has 0 aromatic heterocycles. The molecule has 0 aromatic rings. The van der Waals surface area contributed by atoms with Crippen LogP contribution in [0.5, 0.6) is 0 Å². The highest BCUT2D eigenvalue weighted by atomic mass is 16.5. The predicted molar refractivity (Wildman–Crippen MR) is 39.7 cm³/mol. The minimum Gasteiger partial charge on any atom is -0.396 e. The molecule has 1 aliphatic carbocycles. The smallest absolute Gasteiger partial charge is 0.0490 e. The van der Waals surface area contributed by atoms with Crippen LogP contribution in [0.1, 0.15) is 13.3 Å². The molecule has 0 aromatic carbocycles. The number of aliphatic hydroxyl groups excluding tert-OH is 1. The van der Waals surface area contributed by atoms with Gasteiger partial charge in [-0.3, -0.25) is 0 Å². The topological polar surface area (TPSA) is 29.5 Å². The molecule has 0 spiro atoms. The summed E-state index contributed by atoms with van der Waals surface area (Å²) in [7, 11) is 1.73. The quantitative estimate of drug-likeness (QED) is 0.635. The summed E-state index contributed by atoms with van der Waals surface area (Å²) >= 11 is 0. The molecule has 0 amide bonds. The lowest BCUT2D eigenvalue weighted by atomic mass is 10.1. The highest BCUT2D eigenvalue weighted by Gasteiger charge is 2.39. The summed E-state index contributed by atoms with van der Waals surface area (Å²) in [5.74, 6) is 1.93. The molecule has 1 saturated carbocycles. The van der Waals surface area contributed by atoms with Crippen LogP contribution in [-0.4, -0.2) is 25.4 Å². The molecular formula is C8H16O2. The minimum absolute atomic E-state index is 0.360. The third-order valence-corrected chi connectivity index (χ3v) is 2.37. The molecule has 3 atom stereocenters. The Morgan fingerprint density at radius 1 is 1.70 bits per heavy atom. The normalized spacial score (nSPS) is 33.9. The fraction of sp³-hybridized carbons (Fsp3) is 1.00. The number of hydrogen-bond donors (Lipinski definition) is 1. The molecule has 2 heteroatoms. The lowest BCUT2D eigenvalue weighted by Crippen LogP contribution is -2.07. The lowest BCUT2D eigenvalue weighted by molar-refractivity contribution is 0.143. The van der Waals surface area contributed by atoms with E-state index in [-0.39, 0.29) is 0 Å². The van der Waals surface area contributed by atoms with Crippen molar-refractivity contribution < 1.29 is 9.84 Å². The van der Waals surface area contributed by atoms with Gasteiger partial charge in [-0.25, -0.2) is 0 Å². The second kappa shape index (κ2) is 3.35. The van der Waals surface area contributed by atoms with E-state index in [4.69, 9.17) is 9.84 Å². The highest BCUT2D eigenvalue weighted by Crippen LogP contribution is 2.43. The van der Waals surface area contributed by atoms with E-state index in [1.54, 1.807) is 7.11 Å². The summed E-state index contributed by atoms with van der Waals surface area (Å²) < 4.78 is 5.02. The van der Waals surface area contributed by atoms with Gasteiger partial charge in [-0.1, -0.05) is 6.92 Å². The molecule has 60 valence electrons. The van der Waals surface area contributed by atoms with Crippen LogP contribution in [0, 0.1) is 17.8 Å². The molecule has 10 heavy (non-hydrogen) atoms. The molecule has 0 heterocycles. The van der Waals surface area contributed by atoms with E-state index in [2.05, 4.69) is 6.92 Å². The first-order valence-corrected chi connectivity index (χ1v) is 3.89. The van der Waals surface area contributed by atoms with Gasteiger partial charge in [0.25, 0.3) is 0 Å².